The highest BCUT2D eigenvalue weighted by Crippen LogP contribution is 2.19. The van der Waals surface area contributed by atoms with Gasteiger partial charge in [0.1, 0.15) is 0 Å². The van der Waals surface area contributed by atoms with Crippen molar-refractivity contribution in [2.75, 3.05) is 11.9 Å². The van der Waals surface area contributed by atoms with Crippen LogP contribution in [-0.4, -0.2) is 31.0 Å². The normalized spacial score (nSPS) is 11.4. The number of hydrogen-bond acceptors (Lipinski definition) is 6. The second-order valence-electron chi connectivity index (χ2n) is 6.49. The molecule has 1 amide bonds. The van der Waals surface area contributed by atoms with E-state index in [0.717, 1.165) is 5.56 Å². The molecule has 0 saturated heterocycles. The molecule has 0 spiro atoms. The Balaban J connectivity index is 1.58. The number of sulfonamides is 1. The minimum absolute atomic E-state index is 0.0439. The van der Waals surface area contributed by atoms with E-state index in [1.165, 1.54) is 0 Å². The number of amides is 1. The number of aryl methyl sites for hydroxylation is 2. The number of aromatic amines is 1. The number of anilines is 1. The summed E-state index contributed by atoms with van der Waals surface area (Å²) < 4.78 is 31.7. The van der Waals surface area contributed by atoms with Crippen LogP contribution >= 0.6 is 0 Å². The van der Waals surface area contributed by atoms with Gasteiger partial charge < -0.3 is 5.32 Å². The predicted octanol–water partition coefficient (Wildman–Crippen LogP) is 1.95. The number of carbonyl (C=O) groups is 1. The van der Waals surface area contributed by atoms with Gasteiger partial charge in [0.05, 0.1) is 4.90 Å². The van der Waals surface area contributed by atoms with E-state index in [9.17, 15) is 18.0 Å². The Morgan fingerprint density at radius 3 is 2.66 bits per heavy atom. The average molecular weight is 416 g/mol. The van der Waals surface area contributed by atoms with Crippen LogP contribution in [0, 0.1) is 13.8 Å². The third-order valence-electron chi connectivity index (χ3n) is 4.12. The molecule has 3 rings (SSSR count). The lowest BCUT2D eigenvalue weighted by atomic mass is 10.2. The number of nitrogens with zero attached hydrogens (tertiary/aromatic N) is 1. The van der Waals surface area contributed by atoms with Crippen LogP contribution in [-0.2, 0) is 14.8 Å². The first-order valence-corrected chi connectivity index (χ1v) is 10.3. The maximum absolute atomic E-state index is 12.4. The van der Waals surface area contributed by atoms with Gasteiger partial charge in [-0.25, -0.2) is 17.9 Å². The summed E-state index contributed by atoms with van der Waals surface area (Å²) in [6.07, 6.45) is -0.0465. The quantitative estimate of drug-likeness (QED) is 0.539. The van der Waals surface area contributed by atoms with Gasteiger partial charge in [0.15, 0.2) is 5.82 Å². The zero-order valence-corrected chi connectivity index (χ0v) is 16.7. The van der Waals surface area contributed by atoms with Crippen molar-refractivity contribution in [3.05, 3.63) is 64.1 Å². The number of carbonyl (C=O) groups excluding carboxylic acids is 1. The van der Waals surface area contributed by atoms with Crippen molar-refractivity contribution in [3.8, 4) is 11.4 Å². The number of H-pyrrole nitrogens is 1. The molecule has 10 heteroatoms. The molecule has 0 atom stereocenters. The third kappa shape index (κ3) is 5.18. The van der Waals surface area contributed by atoms with Crippen molar-refractivity contribution >= 4 is 21.6 Å². The Morgan fingerprint density at radius 2 is 1.97 bits per heavy atom. The van der Waals surface area contributed by atoms with Gasteiger partial charge in [-0.1, -0.05) is 35.0 Å². The van der Waals surface area contributed by atoms with Gasteiger partial charge in [-0.3, -0.25) is 14.3 Å². The Morgan fingerprint density at radius 1 is 1.17 bits per heavy atom. The molecule has 0 bridgehead atoms. The molecule has 0 fully saturated rings. The van der Waals surface area contributed by atoms with Crippen LogP contribution < -0.4 is 15.8 Å². The molecule has 0 aliphatic heterocycles. The van der Waals surface area contributed by atoms with Gasteiger partial charge in [-0.15, -0.1) is 0 Å². The zero-order chi connectivity index (χ0) is 21.0. The standard InChI is InChI=1S/C19H20N4O5S/c1-12-6-7-16(13(2)10-12)29(26,27)20-9-8-17(24)21-15-5-3-4-14(11-15)18-22-19(25)28-23-18/h3-7,10-11,20H,8-9H2,1-2H3,(H,21,24)(H,22,23,25). The Kier molecular flexibility index (Phi) is 5.95. The summed E-state index contributed by atoms with van der Waals surface area (Å²) in [7, 11) is -3.70. The lowest BCUT2D eigenvalue weighted by Crippen LogP contribution is -2.28. The molecular weight excluding hydrogens is 396 g/mol. The van der Waals surface area contributed by atoms with Gasteiger partial charge in [-0.05, 0) is 37.6 Å². The van der Waals surface area contributed by atoms with E-state index in [1.54, 1.807) is 49.4 Å². The summed E-state index contributed by atoms with van der Waals surface area (Å²) in [5.41, 5.74) is 2.65. The highest BCUT2D eigenvalue weighted by Gasteiger charge is 2.17. The Hall–Kier alpha value is -3.24. The van der Waals surface area contributed by atoms with E-state index < -0.39 is 15.8 Å². The van der Waals surface area contributed by atoms with Crippen molar-refractivity contribution in [1.82, 2.24) is 14.9 Å². The Labute approximate surface area is 167 Å². The molecule has 1 aromatic heterocycles. The predicted molar refractivity (Wildman–Crippen MR) is 107 cm³/mol. The molecule has 0 unspecified atom stereocenters. The van der Waals surface area contributed by atoms with Gasteiger partial charge in [-0.2, -0.15) is 0 Å². The SMILES string of the molecule is Cc1ccc(S(=O)(=O)NCCC(=O)Nc2cccc(-c3noc(=O)[nH]3)c2)c(C)c1. The van der Waals surface area contributed by atoms with Crippen LogP contribution in [0.25, 0.3) is 11.4 Å². The molecule has 3 N–H and O–H groups in total. The third-order valence-corrected chi connectivity index (χ3v) is 5.75. The number of rotatable bonds is 7. The van der Waals surface area contributed by atoms with Gasteiger partial charge in [0.25, 0.3) is 0 Å². The van der Waals surface area contributed by atoms with Gasteiger partial charge in [0, 0.05) is 24.2 Å². The van der Waals surface area contributed by atoms with E-state index in [0.29, 0.717) is 16.8 Å². The number of hydrogen-bond donors (Lipinski definition) is 3. The van der Waals surface area contributed by atoms with Crippen LogP contribution in [0.2, 0.25) is 0 Å². The molecule has 29 heavy (non-hydrogen) atoms. The first-order chi connectivity index (χ1) is 13.7. The summed E-state index contributed by atoms with van der Waals surface area (Å²) in [6, 6.07) is 11.7. The highest BCUT2D eigenvalue weighted by atomic mass is 32.2. The largest absolute Gasteiger partial charge is 0.439 e. The van der Waals surface area contributed by atoms with Crippen molar-refractivity contribution in [3.63, 3.8) is 0 Å². The van der Waals surface area contributed by atoms with Crippen molar-refractivity contribution < 1.29 is 17.7 Å². The van der Waals surface area contributed by atoms with Gasteiger partial charge >= 0.3 is 5.76 Å². The average Bonchev–Trinajstić information content (AvgIpc) is 3.08. The summed E-state index contributed by atoms with van der Waals surface area (Å²) in [5, 5.41) is 6.27. The van der Waals surface area contributed by atoms with Crippen LogP contribution in [0.15, 0.2) is 56.7 Å². The molecule has 1 heterocycles. The fourth-order valence-corrected chi connectivity index (χ4v) is 4.06. The molecule has 0 saturated carbocycles. The maximum Gasteiger partial charge on any atom is 0.439 e. The van der Waals surface area contributed by atoms with E-state index in [4.69, 9.17) is 0 Å². The monoisotopic (exact) mass is 416 g/mol. The lowest BCUT2D eigenvalue weighted by Gasteiger charge is -2.10. The molecule has 0 radical (unpaired) electrons. The second-order valence-corrected chi connectivity index (χ2v) is 8.22. The topological polar surface area (TPSA) is 134 Å². The molecule has 3 aromatic rings. The first kappa shape index (κ1) is 20.5. The number of nitrogens with one attached hydrogen (secondary N) is 3. The van der Waals surface area contributed by atoms with Crippen molar-refractivity contribution in [2.45, 2.75) is 25.2 Å². The zero-order valence-electron chi connectivity index (χ0n) is 15.9. The maximum atomic E-state index is 12.4. The summed E-state index contributed by atoms with van der Waals surface area (Å²) in [5.74, 6) is -0.794. The number of aromatic nitrogens is 2. The lowest BCUT2D eigenvalue weighted by molar-refractivity contribution is -0.116. The van der Waals surface area contributed by atoms with Crippen LogP contribution in [0.5, 0.6) is 0 Å². The minimum atomic E-state index is -3.70. The smallest absolute Gasteiger partial charge is 0.326 e. The summed E-state index contributed by atoms with van der Waals surface area (Å²) in [4.78, 5) is 25.8. The number of benzene rings is 2. The molecule has 152 valence electrons. The minimum Gasteiger partial charge on any atom is -0.326 e. The van der Waals surface area contributed by atoms with Crippen LogP contribution in [0.4, 0.5) is 5.69 Å². The van der Waals surface area contributed by atoms with E-state index >= 15 is 0 Å². The molecule has 2 aromatic carbocycles. The van der Waals surface area contributed by atoms with Crippen LogP contribution in [0.1, 0.15) is 17.5 Å². The Bertz CT molecular complexity index is 1200. The molecule has 9 nitrogen and oxygen atoms in total. The fraction of sp³-hybridized carbons (Fsp3) is 0.211. The first-order valence-electron chi connectivity index (χ1n) is 8.78. The molecular formula is C19H20N4O5S. The summed E-state index contributed by atoms with van der Waals surface area (Å²) in [6.45, 7) is 3.57. The van der Waals surface area contributed by atoms with Crippen molar-refractivity contribution in [2.24, 2.45) is 0 Å². The van der Waals surface area contributed by atoms with E-state index in [1.807, 2.05) is 6.92 Å². The van der Waals surface area contributed by atoms with Crippen LogP contribution in [0.3, 0.4) is 0 Å². The highest BCUT2D eigenvalue weighted by molar-refractivity contribution is 7.89. The molecule has 0 aliphatic rings. The molecule has 0 aliphatic carbocycles. The van der Waals surface area contributed by atoms with E-state index in [-0.39, 0.29) is 29.6 Å². The van der Waals surface area contributed by atoms with E-state index in [2.05, 4.69) is 24.7 Å². The van der Waals surface area contributed by atoms with Crippen molar-refractivity contribution in [1.29, 1.82) is 0 Å². The second kappa shape index (κ2) is 8.41. The fourth-order valence-electron chi connectivity index (χ4n) is 2.80. The van der Waals surface area contributed by atoms with Gasteiger partial charge in [0.2, 0.25) is 15.9 Å². The summed E-state index contributed by atoms with van der Waals surface area (Å²) >= 11 is 0.